The van der Waals surface area contributed by atoms with E-state index in [0.717, 1.165) is 135 Å². The minimum atomic E-state index is -0.794. The topological polar surface area (TPSA) is 78.9 Å². The van der Waals surface area contributed by atoms with E-state index >= 15 is 0 Å². The van der Waals surface area contributed by atoms with Gasteiger partial charge in [-0.15, -0.1) is 0 Å². The molecule has 0 fully saturated rings. The Kier molecular flexibility index (Phi) is 66.3. The average molecular weight is 1150 g/mol. The van der Waals surface area contributed by atoms with E-state index < -0.39 is 6.10 Å². The molecular weight excluding hydrogens is 1020 g/mol. The van der Waals surface area contributed by atoms with E-state index in [1.807, 2.05) is 0 Å². The quantitative estimate of drug-likeness (QED) is 0.0261. The van der Waals surface area contributed by atoms with Crippen molar-refractivity contribution in [2.75, 3.05) is 13.2 Å². The van der Waals surface area contributed by atoms with E-state index in [0.29, 0.717) is 19.3 Å². The number of carbonyl (C=O) groups is 3. The van der Waals surface area contributed by atoms with E-state index in [9.17, 15) is 14.4 Å². The molecule has 472 valence electrons. The first-order valence-corrected chi connectivity index (χ1v) is 34.7. The molecule has 1 atom stereocenters. The van der Waals surface area contributed by atoms with Gasteiger partial charge in [-0.05, 0) is 141 Å². The van der Waals surface area contributed by atoms with Gasteiger partial charge in [0.25, 0.3) is 0 Å². The van der Waals surface area contributed by atoms with E-state index in [1.54, 1.807) is 0 Å². The molecule has 0 amide bonds. The molecule has 6 heteroatoms. The van der Waals surface area contributed by atoms with Crippen molar-refractivity contribution in [3.8, 4) is 0 Å². The van der Waals surface area contributed by atoms with Crippen LogP contribution >= 0.6 is 0 Å². The van der Waals surface area contributed by atoms with Crippen LogP contribution in [0.2, 0.25) is 0 Å². The summed E-state index contributed by atoms with van der Waals surface area (Å²) in [6.45, 7) is 6.48. The molecule has 0 aliphatic rings. The van der Waals surface area contributed by atoms with E-state index in [4.69, 9.17) is 14.2 Å². The summed E-state index contributed by atoms with van der Waals surface area (Å²) < 4.78 is 17.0. The van der Waals surface area contributed by atoms with Gasteiger partial charge in [0.2, 0.25) is 0 Å². The Hall–Kier alpha value is -4.45. The maximum atomic E-state index is 12.9. The average Bonchev–Trinajstić information content (AvgIpc) is 3.49. The van der Waals surface area contributed by atoms with Crippen LogP contribution in [0.1, 0.15) is 316 Å². The van der Waals surface area contributed by atoms with E-state index in [-0.39, 0.29) is 31.1 Å². The molecule has 0 N–H and O–H groups in total. The lowest BCUT2D eigenvalue weighted by atomic mass is 10.1. The Labute approximate surface area is 513 Å². The molecule has 0 aromatic rings. The smallest absolute Gasteiger partial charge is 0.306 e. The van der Waals surface area contributed by atoms with Crippen LogP contribution in [0.3, 0.4) is 0 Å². The van der Waals surface area contributed by atoms with Gasteiger partial charge in [-0.25, -0.2) is 0 Å². The standard InChI is InChI=1S/C77H128O6/c1-4-7-10-13-16-19-22-25-28-31-32-33-34-35-36-37-38-39-40-41-42-43-44-47-49-52-55-58-61-64-67-70-76(79)82-73-74(83-77(80)71-68-65-62-59-56-53-50-46-30-27-24-21-18-15-12-9-6-3)72-81-75(78)69-66-63-60-57-54-51-48-45-29-26-23-20-17-14-11-8-5-2/h7,10,16-21,25-30,32-33,35-36,38-39,41-42,74H,4-6,8-9,11-15,22-24,31,34,37,40,43-73H2,1-3H3/b10-7-,19-16-,20-17-,21-18-,28-25-,29-26-,30-27-,33-32-,36-35-,39-38-,42-41-. The summed E-state index contributed by atoms with van der Waals surface area (Å²) in [6, 6.07) is 0. The molecule has 0 saturated carbocycles. The summed E-state index contributed by atoms with van der Waals surface area (Å²) in [4.78, 5) is 38.4. The third kappa shape index (κ3) is 68.2. The number of rotatable bonds is 62. The number of hydrogen-bond acceptors (Lipinski definition) is 6. The van der Waals surface area contributed by atoms with E-state index in [1.165, 1.54) is 141 Å². The zero-order valence-electron chi connectivity index (χ0n) is 54.2. The van der Waals surface area contributed by atoms with Crippen LogP contribution in [0, 0.1) is 0 Å². The summed E-state index contributed by atoms with van der Waals surface area (Å²) in [6.07, 6.45) is 98.9. The van der Waals surface area contributed by atoms with Crippen molar-refractivity contribution in [1.82, 2.24) is 0 Å². The van der Waals surface area contributed by atoms with Crippen LogP contribution in [0.4, 0.5) is 0 Å². The molecule has 0 aromatic carbocycles. The lowest BCUT2D eigenvalue weighted by molar-refractivity contribution is -0.167. The largest absolute Gasteiger partial charge is 0.462 e. The Bertz CT molecular complexity index is 1750. The van der Waals surface area contributed by atoms with Crippen molar-refractivity contribution in [3.63, 3.8) is 0 Å². The molecule has 6 nitrogen and oxygen atoms in total. The first-order chi connectivity index (χ1) is 41.0. The number of unbranched alkanes of at least 4 members (excludes halogenated alkanes) is 29. The van der Waals surface area contributed by atoms with Gasteiger partial charge in [-0.3, -0.25) is 14.4 Å². The van der Waals surface area contributed by atoms with Crippen LogP contribution in [0.5, 0.6) is 0 Å². The maximum Gasteiger partial charge on any atom is 0.306 e. The molecule has 0 bridgehead atoms. The summed E-state index contributed by atoms with van der Waals surface area (Å²) >= 11 is 0. The van der Waals surface area contributed by atoms with Crippen molar-refractivity contribution in [3.05, 3.63) is 134 Å². The first-order valence-electron chi connectivity index (χ1n) is 34.7. The normalized spacial score (nSPS) is 13.0. The number of hydrogen-bond donors (Lipinski definition) is 0. The minimum absolute atomic E-state index is 0.0890. The Morgan fingerprint density at radius 3 is 0.735 bits per heavy atom. The van der Waals surface area contributed by atoms with Crippen LogP contribution < -0.4 is 0 Å². The zero-order chi connectivity index (χ0) is 59.9. The molecule has 0 saturated heterocycles. The van der Waals surface area contributed by atoms with Crippen molar-refractivity contribution < 1.29 is 28.6 Å². The summed E-state index contributed by atoms with van der Waals surface area (Å²) in [5.74, 6) is -0.903. The van der Waals surface area contributed by atoms with Gasteiger partial charge in [-0.2, -0.15) is 0 Å². The Balaban J connectivity index is 4.35. The lowest BCUT2D eigenvalue weighted by Crippen LogP contribution is -2.30. The fourth-order valence-corrected chi connectivity index (χ4v) is 9.43. The number of carbonyl (C=O) groups excluding carboxylic acids is 3. The van der Waals surface area contributed by atoms with Gasteiger partial charge in [0.1, 0.15) is 13.2 Å². The zero-order valence-corrected chi connectivity index (χ0v) is 54.2. The maximum absolute atomic E-state index is 12.9. The highest BCUT2D eigenvalue weighted by Gasteiger charge is 2.19. The highest BCUT2D eigenvalue weighted by atomic mass is 16.6. The highest BCUT2D eigenvalue weighted by molar-refractivity contribution is 5.71. The van der Waals surface area contributed by atoms with Gasteiger partial charge in [0.05, 0.1) is 0 Å². The summed E-state index contributed by atoms with van der Waals surface area (Å²) in [5.41, 5.74) is 0. The number of esters is 3. The molecule has 0 rings (SSSR count). The second kappa shape index (κ2) is 70.0. The SMILES string of the molecule is CC/C=C\C/C=C\C/C=C\C/C=C\C/C=C\C/C=C\C/C=C\CCCCCCCCCCCC(=O)OCC(COC(=O)CCCCCCCCC/C=C\C/C=C\CCCCC)OC(=O)CCCCCCCCC/C=C\C/C=C\CCCCC. The predicted molar refractivity (Wildman–Crippen MR) is 362 cm³/mol. The van der Waals surface area contributed by atoms with Crippen LogP contribution in [-0.2, 0) is 28.6 Å². The van der Waals surface area contributed by atoms with Gasteiger partial charge in [0, 0.05) is 19.3 Å². The van der Waals surface area contributed by atoms with Crippen LogP contribution in [-0.4, -0.2) is 37.2 Å². The molecule has 0 radical (unpaired) electrons. The highest BCUT2D eigenvalue weighted by Crippen LogP contribution is 2.16. The van der Waals surface area contributed by atoms with Crippen LogP contribution in [0.15, 0.2) is 134 Å². The minimum Gasteiger partial charge on any atom is -0.462 e. The second-order valence-corrected chi connectivity index (χ2v) is 22.7. The first kappa shape index (κ1) is 78.5. The fraction of sp³-hybridized carbons (Fsp3) is 0.675. The van der Waals surface area contributed by atoms with Gasteiger partial charge < -0.3 is 14.2 Å². The van der Waals surface area contributed by atoms with Crippen molar-refractivity contribution in [2.24, 2.45) is 0 Å². The fourth-order valence-electron chi connectivity index (χ4n) is 9.43. The molecule has 0 aliphatic carbocycles. The molecular formula is C77H128O6. The molecule has 0 aliphatic heterocycles. The molecule has 83 heavy (non-hydrogen) atoms. The third-order valence-electron chi connectivity index (χ3n) is 14.6. The lowest BCUT2D eigenvalue weighted by Gasteiger charge is -2.18. The molecule has 1 unspecified atom stereocenters. The summed E-state index contributed by atoms with van der Waals surface area (Å²) in [7, 11) is 0. The van der Waals surface area contributed by atoms with Gasteiger partial charge in [0.15, 0.2) is 6.10 Å². The van der Waals surface area contributed by atoms with Crippen molar-refractivity contribution in [1.29, 1.82) is 0 Å². The molecule has 0 spiro atoms. The number of allylic oxidation sites excluding steroid dienone is 22. The van der Waals surface area contributed by atoms with Crippen LogP contribution in [0.25, 0.3) is 0 Å². The molecule has 0 aromatic heterocycles. The van der Waals surface area contributed by atoms with Gasteiger partial charge >= 0.3 is 17.9 Å². The monoisotopic (exact) mass is 1150 g/mol. The summed E-state index contributed by atoms with van der Waals surface area (Å²) in [5, 5.41) is 0. The Morgan fingerprint density at radius 2 is 0.470 bits per heavy atom. The molecule has 0 heterocycles. The van der Waals surface area contributed by atoms with E-state index in [2.05, 4.69) is 154 Å². The third-order valence-corrected chi connectivity index (χ3v) is 14.6. The van der Waals surface area contributed by atoms with Crippen molar-refractivity contribution in [2.45, 2.75) is 322 Å². The second-order valence-electron chi connectivity index (χ2n) is 22.7. The number of ether oxygens (including phenoxy) is 3. The Morgan fingerprint density at radius 1 is 0.253 bits per heavy atom. The predicted octanol–water partition coefficient (Wildman–Crippen LogP) is 24.1. The van der Waals surface area contributed by atoms with Crippen molar-refractivity contribution >= 4 is 17.9 Å². The van der Waals surface area contributed by atoms with Gasteiger partial charge in [-0.1, -0.05) is 289 Å².